The average molecular weight is 284 g/mol. The van der Waals surface area contributed by atoms with Crippen molar-refractivity contribution in [1.29, 1.82) is 5.26 Å². The number of nitriles is 1. The number of aromatic nitrogens is 1. The summed E-state index contributed by atoms with van der Waals surface area (Å²) in [5.74, 6) is -3.38. The van der Waals surface area contributed by atoms with E-state index in [-0.39, 0.29) is 16.4 Å². The molecular formula is C12H5ClF3N3. The Morgan fingerprint density at radius 2 is 1.84 bits per heavy atom. The van der Waals surface area contributed by atoms with Gasteiger partial charge in [0.2, 0.25) is 0 Å². The van der Waals surface area contributed by atoms with Gasteiger partial charge in [-0.25, -0.2) is 18.2 Å². The van der Waals surface area contributed by atoms with E-state index in [1.165, 1.54) is 12.3 Å². The fourth-order valence-electron chi connectivity index (χ4n) is 1.40. The van der Waals surface area contributed by atoms with Crippen LogP contribution in [0.15, 0.2) is 24.4 Å². The maximum absolute atomic E-state index is 13.4. The monoisotopic (exact) mass is 283 g/mol. The molecule has 7 heteroatoms. The smallest absolute Gasteiger partial charge is 0.152 e. The zero-order chi connectivity index (χ0) is 14.0. The lowest BCUT2D eigenvalue weighted by molar-refractivity contribution is 0.549. The van der Waals surface area contributed by atoms with Gasteiger partial charge < -0.3 is 5.32 Å². The van der Waals surface area contributed by atoms with Crippen LogP contribution in [0.4, 0.5) is 24.7 Å². The second kappa shape index (κ2) is 5.16. The molecule has 19 heavy (non-hydrogen) atoms. The second-order valence-corrected chi connectivity index (χ2v) is 3.88. The molecule has 1 heterocycles. The van der Waals surface area contributed by atoms with Crippen LogP contribution in [0.1, 0.15) is 5.56 Å². The lowest BCUT2D eigenvalue weighted by Crippen LogP contribution is -2.01. The number of pyridine rings is 1. The van der Waals surface area contributed by atoms with E-state index >= 15 is 0 Å². The van der Waals surface area contributed by atoms with Gasteiger partial charge in [-0.3, -0.25) is 0 Å². The summed E-state index contributed by atoms with van der Waals surface area (Å²) in [6, 6.07) is 4.19. The Morgan fingerprint density at radius 3 is 2.42 bits per heavy atom. The Hall–Kier alpha value is -2.26. The van der Waals surface area contributed by atoms with E-state index in [1.807, 2.05) is 0 Å². The maximum atomic E-state index is 13.4. The molecule has 0 atom stereocenters. The van der Waals surface area contributed by atoms with Gasteiger partial charge in [0.1, 0.15) is 22.6 Å². The van der Waals surface area contributed by atoms with Crippen LogP contribution < -0.4 is 5.32 Å². The summed E-state index contributed by atoms with van der Waals surface area (Å²) in [4.78, 5) is 3.77. The SMILES string of the molecule is N#Cc1ccnc(Nc2c(F)cc(F)cc2F)c1Cl. The fraction of sp³-hybridized carbons (Fsp3) is 0. The zero-order valence-corrected chi connectivity index (χ0v) is 9.97. The van der Waals surface area contributed by atoms with Crippen LogP contribution in [0.3, 0.4) is 0 Å². The fourth-order valence-corrected chi connectivity index (χ4v) is 1.60. The number of anilines is 2. The third kappa shape index (κ3) is 2.61. The van der Waals surface area contributed by atoms with Crippen molar-refractivity contribution in [3.8, 4) is 6.07 Å². The van der Waals surface area contributed by atoms with Crippen LogP contribution in [0.25, 0.3) is 0 Å². The van der Waals surface area contributed by atoms with Crippen molar-refractivity contribution in [3.63, 3.8) is 0 Å². The molecule has 0 radical (unpaired) electrons. The lowest BCUT2D eigenvalue weighted by atomic mass is 10.2. The van der Waals surface area contributed by atoms with Crippen molar-refractivity contribution < 1.29 is 13.2 Å². The summed E-state index contributed by atoms with van der Waals surface area (Å²) in [5, 5.41) is 11.0. The Morgan fingerprint density at radius 1 is 1.21 bits per heavy atom. The minimum absolute atomic E-state index is 0.0758. The summed E-state index contributed by atoms with van der Waals surface area (Å²) >= 11 is 5.83. The van der Waals surface area contributed by atoms with Crippen molar-refractivity contribution in [1.82, 2.24) is 4.98 Å². The summed E-state index contributed by atoms with van der Waals surface area (Å²) in [6.45, 7) is 0. The van der Waals surface area contributed by atoms with Crippen LogP contribution in [0.2, 0.25) is 5.02 Å². The number of rotatable bonds is 2. The first-order chi connectivity index (χ1) is 9.02. The van der Waals surface area contributed by atoms with Crippen molar-refractivity contribution in [2.24, 2.45) is 0 Å². The van der Waals surface area contributed by atoms with Gasteiger partial charge in [0.25, 0.3) is 0 Å². The molecule has 0 fully saturated rings. The first kappa shape index (κ1) is 13.2. The van der Waals surface area contributed by atoms with Crippen LogP contribution >= 0.6 is 11.6 Å². The van der Waals surface area contributed by atoms with Gasteiger partial charge in [0.05, 0.1) is 5.56 Å². The lowest BCUT2D eigenvalue weighted by Gasteiger charge is -2.10. The number of nitrogens with one attached hydrogen (secondary N) is 1. The molecule has 0 aliphatic rings. The quantitative estimate of drug-likeness (QED) is 0.913. The molecule has 1 N–H and O–H groups in total. The summed E-state index contributed by atoms with van der Waals surface area (Å²) < 4.78 is 39.6. The Labute approximate surface area is 111 Å². The highest BCUT2D eigenvalue weighted by molar-refractivity contribution is 6.34. The predicted molar refractivity (Wildman–Crippen MR) is 63.6 cm³/mol. The summed E-state index contributed by atoms with van der Waals surface area (Å²) in [5.41, 5.74) is -0.493. The van der Waals surface area contributed by atoms with Crippen molar-refractivity contribution in [3.05, 3.63) is 52.4 Å². The minimum atomic E-state index is -1.13. The van der Waals surface area contributed by atoms with E-state index in [2.05, 4.69) is 10.3 Å². The molecule has 0 unspecified atom stereocenters. The van der Waals surface area contributed by atoms with Gasteiger partial charge in [-0.05, 0) is 6.07 Å². The molecule has 0 aliphatic carbocycles. The number of hydrogen-bond donors (Lipinski definition) is 1. The van der Waals surface area contributed by atoms with Crippen LogP contribution in [0, 0.1) is 28.8 Å². The van der Waals surface area contributed by atoms with Gasteiger partial charge >= 0.3 is 0 Å². The van der Waals surface area contributed by atoms with Crippen LogP contribution in [-0.2, 0) is 0 Å². The third-order valence-corrected chi connectivity index (χ3v) is 2.64. The highest BCUT2D eigenvalue weighted by Crippen LogP contribution is 2.29. The number of benzene rings is 1. The first-order valence-corrected chi connectivity index (χ1v) is 5.37. The predicted octanol–water partition coefficient (Wildman–Crippen LogP) is 3.77. The number of halogens is 4. The summed E-state index contributed by atoms with van der Waals surface area (Å²) in [7, 11) is 0. The van der Waals surface area contributed by atoms with Crippen molar-refractivity contribution in [2.75, 3.05) is 5.32 Å². The molecule has 96 valence electrons. The Balaban J connectivity index is 2.46. The molecule has 2 aromatic rings. The molecule has 0 saturated heterocycles. The van der Waals surface area contributed by atoms with Gasteiger partial charge in [-0.2, -0.15) is 5.26 Å². The zero-order valence-electron chi connectivity index (χ0n) is 9.22. The Bertz CT molecular complexity index is 659. The second-order valence-electron chi connectivity index (χ2n) is 3.50. The van der Waals surface area contributed by atoms with Gasteiger partial charge in [0, 0.05) is 18.3 Å². The van der Waals surface area contributed by atoms with E-state index < -0.39 is 23.1 Å². The summed E-state index contributed by atoms with van der Waals surface area (Å²) in [6.07, 6.45) is 1.26. The van der Waals surface area contributed by atoms with E-state index in [9.17, 15) is 13.2 Å². The number of nitrogens with zero attached hydrogens (tertiary/aromatic N) is 2. The van der Waals surface area contributed by atoms with E-state index in [0.717, 1.165) is 0 Å². The van der Waals surface area contributed by atoms with Gasteiger partial charge in [-0.1, -0.05) is 11.6 Å². The normalized spacial score (nSPS) is 10.1. The average Bonchev–Trinajstić information content (AvgIpc) is 2.35. The topological polar surface area (TPSA) is 48.7 Å². The molecule has 0 spiro atoms. The first-order valence-electron chi connectivity index (χ1n) is 4.99. The molecule has 0 saturated carbocycles. The molecular weight excluding hydrogens is 279 g/mol. The minimum Gasteiger partial charge on any atom is -0.334 e. The van der Waals surface area contributed by atoms with Crippen molar-refractivity contribution >= 4 is 23.1 Å². The standard InChI is InChI=1S/C12H5ClF3N3/c13-10-6(5-17)1-2-18-12(10)19-11-8(15)3-7(14)4-9(11)16/h1-4H,(H,18,19). The van der Waals surface area contributed by atoms with Crippen LogP contribution in [-0.4, -0.2) is 4.98 Å². The maximum Gasteiger partial charge on any atom is 0.152 e. The van der Waals surface area contributed by atoms with E-state index in [4.69, 9.17) is 16.9 Å². The third-order valence-electron chi connectivity index (χ3n) is 2.26. The number of hydrogen-bond acceptors (Lipinski definition) is 3. The Kier molecular flexibility index (Phi) is 3.58. The van der Waals surface area contributed by atoms with Crippen LogP contribution in [0.5, 0.6) is 0 Å². The van der Waals surface area contributed by atoms with E-state index in [0.29, 0.717) is 12.1 Å². The molecule has 1 aromatic carbocycles. The molecule has 0 aliphatic heterocycles. The molecule has 1 aromatic heterocycles. The largest absolute Gasteiger partial charge is 0.334 e. The molecule has 3 nitrogen and oxygen atoms in total. The van der Waals surface area contributed by atoms with Gasteiger partial charge in [0.15, 0.2) is 17.5 Å². The van der Waals surface area contributed by atoms with Crippen molar-refractivity contribution in [2.45, 2.75) is 0 Å². The molecule has 2 rings (SSSR count). The highest BCUT2D eigenvalue weighted by atomic mass is 35.5. The molecule has 0 bridgehead atoms. The van der Waals surface area contributed by atoms with E-state index in [1.54, 1.807) is 6.07 Å². The highest BCUT2D eigenvalue weighted by Gasteiger charge is 2.15. The molecule has 0 amide bonds. The van der Waals surface area contributed by atoms with Gasteiger partial charge in [-0.15, -0.1) is 0 Å².